The smallest absolute Gasteiger partial charge is 0.324 e. The molecule has 0 saturated heterocycles. The van der Waals surface area contributed by atoms with Crippen LogP contribution in [0.5, 0.6) is 0 Å². The van der Waals surface area contributed by atoms with E-state index in [0.29, 0.717) is 0 Å². The van der Waals surface area contributed by atoms with Crippen LogP contribution in [-0.4, -0.2) is 50.5 Å². The Hall–Kier alpha value is 0.0969. The lowest BCUT2D eigenvalue weighted by molar-refractivity contribution is -0.890. The Kier molecular flexibility index (Phi) is 18.2. The standard InChI is InChI=1S/C23H52NO2Si/c1-5-6-7-8-9-10-11-12-13-14-15-16-17-18-19-20-21-24(3,4)22-23(2)27(25)26/h23,25-27H,5-22H2,1-4H3/q+1. The van der Waals surface area contributed by atoms with Gasteiger partial charge in [0.2, 0.25) is 0 Å². The highest BCUT2D eigenvalue weighted by molar-refractivity contribution is 6.43. The van der Waals surface area contributed by atoms with E-state index in [0.717, 1.165) is 17.6 Å². The van der Waals surface area contributed by atoms with Crippen molar-refractivity contribution in [2.45, 2.75) is 122 Å². The molecule has 0 fully saturated rings. The van der Waals surface area contributed by atoms with E-state index < -0.39 is 9.28 Å². The largest absolute Gasteiger partial charge is 0.413 e. The zero-order valence-electron chi connectivity index (χ0n) is 19.2. The van der Waals surface area contributed by atoms with E-state index >= 15 is 0 Å². The molecule has 0 aliphatic carbocycles. The van der Waals surface area contributed by atoms with Crippen LogP contribution in [0.3, 0.4) is 0 Å². The Balaban J connectivity index is 3.29. The van der Waals surface area contributed by atoms with Gasteiger partial charge in [-0.15, -0.1) is 0 Å². The summed E-state index contributed by atoms with van der Waals surface area (Å²) in [5.41, 5.74) is 0.0843. The van der Waals surface area contributed by atoms with Crippen LogP contribution in [0.25, 0.3) is 0 Å². The van der Waals surface area contributed by atoms with Gasteiger partial charge >= 0.3 is 9.28 Å². The van der Waals surface area contributed by atoms with E-state index in [1.165, 1.54) is 103 Å². The lowest BCUT2D eigenvalue weighted by Gasteiger charge is -2.32. The molecular weight excluding hydrogens is 350 g/mol. The minimum atomic E-state index is -2.46. The lowest BCUT2D eigenvalue weighted by atomic mass is 10.0. The van der Waals surface area contributed by atoms with Gasteiger partial charge in [-0.1, -0.05) is 104 Å². The van der Waals surface area contributed by atoms with Crippen molar-refractivity contribution < 1.29 is 14.1 Å². The van der Waals surface area contributed by atoms with Crippen LogP contribution in [0.2, 0.25) is 5.54 Å². The van der Waals surface area contributed by atoms with E-state index in [-0.39, 0.29) is 5.54 Å². The summed E-state index contributed by atoms with van der Waals surface area (Å²) in [7, 11) is 1.98. The van der Waals surface area contributed by atoms with Crippen molar-refractivity contribution in [3.63, 3.8) is 0 Å². The van der Waals surface area contributed by atoms with Crippen molar-refractivity contribution >= 4 is 9.28 Å². The van der Waals surface area contributed by atoms with Gasteiger partial charge in [-0.3, -0.25) is 0 Å². The number of hydrogen-bond donors (Lipinski definition) is 2. The van der Waals surface area contributed by atoms with Gasteiger partial charge in [0.05, 0.1) is 27.2 Å². The quantitative estimate of drug-likeness (QED) is 0.151. The van der Waals surface area contributed by atoms with Gasteiger partial charge in [-0.2, -0.15) is 0 Å². The Morgan fingerprint density at radius 2 is 0.963 bits per heavy atom. The summed E-state index contributed by atoms with van der Waals surface area (Å²) in [6.45, 7) is 6.31. The maximum absolute atomic E-state index is 9.38. The fourth-order valence-corrected chi connectivity index (χ4v) is 4.81. The second kappa shape index (κ2) is 18.1. The highest BCUT2D eigenvalue weighted by Gasteiger charge is 2.24. The van der Waals surface area contributed by atoms with Crippen LogP contribution in [0.1, 0.15) is 117 Å². The van der Waals surface area contributed by atoms with Crippen LogP contribution >= 0.6 is 0 Å². The number of hydrogen-bond acceptors (Lipinski definition) is 2. The van der Waals surface area contributed by atoms with E-state index in [2.05, 4.69) is 21.0 Å². The van der Waals surface area contributed by atoms with Crippen molar-refractivity contribution in [1.29, 1.82) is 0 Å². The normalized spacial score (nSPS) is 13.4. The molecule has 0 aliphatic rings. The first-order chi connectivity index (χ1) is 12.9. The molecule has 0 spiro atoms. The Labute approximate surface area is 173 Å². The van der Waals surface area contributed by atoms with Gasteiger partial charge < -0.3 is 14.1 Å². The molecule has 0 bridgehead atoms. The van der Waals surface area contributed by atoms with E-state index in [1.807, 2.05) is 6.92 Å². The molecule has 0 aromatic rings. The fourth-order valence-electron chi connectivity index (χ4n) is 4.05. The summed E-state index contributed by atoms with van der Waals surface area (Å²) in [4.78, 5) is 18.8. The average Bonchev–Trinajstić information content (AvgIpc) is 2.60. The first kappa shape index (κ1) is 27.1. The molecule has 0 heterocycles. The number of quaternary nitrogens is 1. The summed E-state index contributed by atoms with van der Waals surface area (Å²) < 4.78 is 0.921. The van der Waals surface area contributed by atoms with Crippen molar-refractivity contribution in [3.8, 4) is 0 Å². The van der Waals surface area contributed by atoms with Crippen molar-refractivity contribution in [2.75, 3.05) is 27.2 Å². The minimum absolute atomic E-state index is 0.0843. The topological polar surface area (TPSA) is 40.5 Å². The molecule has 0 aliphatic heterocycles. The molecule has 0 aromatic heterocycles. The van der Waals surface area contributed by atoms with Crippen LogP contribution < -0.4 is 0 Å². The van der Waals surface area contributed by atoms with Gasteiger partial charge in [-0.05, 0) is 12.8 Å². The van der Waals surface area contributed by atoms with E-state index in [4.69, 9.17) is 0 Å². The van der Waals surface area contributed by atoms with Gasteiger partial charge in [0.1, 0.15) is 0 Å². The van der Waals surface area contributed by atoms with Crippen LogP contribution in [-0.2, 0) is 0 Å². The Bertz CT molecular complexity index is 311. The molecule has 0 amide bonds. The highest BCUT2D eigenvalue weighted by Crippen LogP contribution is 2.16. The van der Waals surface area contributed by atoms with Crippen LogP contribution in [0, 0.1) is 0 Å². The summed E-state index contributed by atoms with van der Waals surface area (Å²) in [5.74, 6) is 0. The van der Waals surface area contributed by atoms with Gasteiger partial charge in [0.15, 0.2) is 0 Å². The lowest BCUT2D eigenvalue weighted by Crippen LogP contribution is -2.45. The third-order valence-corrected chi connectivity index (χ3v) is 7.14. The van der Waals surface area contributed by atoms with Crippen molar-refractivity contribution in [2.24, 2.45) is 0 Å². The van der Waals surface area contributed by atoms with E-state index in [9.17, 15) is 9.59 Å². The number of unbranched alkanes of at least 4 members (excludes halogenated alkanes) is 15. The second-order valence-electron chi connectivity index (χ2n) is 9.54. The molecule has 27 heavy (non-hydrogen) atoms. The van der Waals surface area contributed by atoms with Crippen molar-refractivity contribution in [1.82, 2.24) is 0 Å². The maximum Gasteiger partial charge on any atom is 0.324 e. The third kappa shape index (κ3) is 19.2. The maximum atomic E-state index is 9.38. The molecule has 0 aromatic carbocycles. The number of rotatable bonds is 20. The molecule has 0 saturated carbocycles. The number of nitrogens with zero attached hydrogens (tertiary/aromatic N) is 1. The molecule has 0 radical (unpaired) electrons. The second-order valence-corrected chi connectivity index (χ2v) is 11.5. The zero-order valence-corrected chi connectivity index (χ0v) is 20.4. The minimum Gasteiger partial charge on any atom is -0.413 e. The predicted molar refractivity (Wildman–Crippen MR) is 122 cm³/mol. The first-order valence-electron chi connectivity index (χ1n) is 12.1. The van der Waals surface area contributed by atoms with Gasteiger partial charge in [0.25, 0.3) is 0 Å². The van der Waals surface area contributed by atoms with Gasteiger partial charge in [-0.25, -0.2) is 0 Å². The molecule has 164 valence electrons. The molecule has 3 nitrogen and oxygen atoms in total. The molecule has 4 heteroatoms. The summed E-state index contributed by atoms with van der Waals surface area (Å²) >= 11 is 0. The monoisotopic (exact) mass is 402 g/mol. The Morgan fingerprint density at radius 3 is 1.30 bits per heavy atom. The van der Waals surface area contributed by atoms with Gasteiger partial charge in [0, 0.05) is 5.54 Å². The molecule has 1 atom stereocenters. The van der Waals surface area contributed by atoms with Crippen molar-refractivity contribution in [3.05, 3.63) is 0 Å². The fraction of sp³-hybridized carbons (Fsp3) is 1.00. The molecular formula is C23H52NO2Si+. The SMILES string of the molecule is CCCCCCCCCCCCCCCCCC[N+](C)(C)CC(C)[SiH](O)O. The van der Waals surface area contributed by atoms with Crippen LogP contribution in [0.15, 0.2) is 0 Å². The van der Waals surface area contributed by atoms with E-state index in [1.54, 1.807) is 0 Å². The summed E-state index contributed by atoms with van der Waals surface area (Å²) in [6.07, 6.45) is 22.6. The zero-order chi connectivity index (χ0) is 20.4. The third-order valence-electron chi connectivity index (χ3n) is 5.91. The molecule has 2 N–H and O–H groups in total. The predicted octanol–water partition coefficient (Wildman–Crippen LogP) is 5.92. The van der Waals surface area contributed by atoms with Crippen LogP contribution in [0.4, 0.5) is 0 Å². The highest BCUT2D eigenvalue weighted by atomic mass is 28.3. The summed E-state index contributed by atoms with van der Waals surface area (Å²) in [6, 6.07) is 0. The average molecular weight is 403 g/mol. The molecule has 1 unspecified atom stereocenters. The first-order valence-corrected chi connectivity index (χ1v) is 13.8. The Morgan fingerprint density at radius 1 is 0.630 bits per heavy atom. The molecule has 0 rings (SSSR count). The summed E-state index contributed by atoms with van der Waals surface area (Å²) in [5, 5.41) is 0.